The molecular formula is C16H26N2O6. The number of hydrogen-bond acceptors (Lipinski definition) is 4. The van der Waals surface area contributed by atoms with E-state index in [0.717, 1.165) is 12.8 Å². The summed E-state index contributed by atoms with van der Waals surface area (Å²) in [6, 6.07) is -1.22. The number of nitrogens with zero attached hydrogens (tertiary/aromatic N) is 2. The van der Waals surface area contributed by atoms with E-state index in [1.165, 1.54) is 9.80 Å². The van der Waals surface area contributed by atoms with Crippen LogP contribution in [0.15, 0.2) is 0 Å². The van der Waals surface area contributed by atoms with Crippen LogP contribution in [0.1, 0.15) is 52.4 Å². The van der Waals surface area contributed by atoms with Gasteiger partial charge in [-0.15, -0.1) is 0 Å². The van der Waals surface area contributed by atoms with Crippen molar-refractivity contribution in [2.24, 2.45) is 0 Å². The molecule has 0 saturated carbocycles. The molecule has 0 spiro atoms. The van der Waals surface area contributed by atoms with E-state index >= 15 is 0 Å². The summed E-state index contributed by atoms with van der Waals surface area (Å²) >= 11 is 0. The van der Waals surface area contributed by atoms with Crippen molar-refractivity contribution in [2.45, 2.75) is 64.5 Å². The Morgan fingerprint density at radius 2 is 1.21 bits per heavy atom. The first-order valence-corrected chi connectivity index (χ1v) is 8.37. The smallest absolute Gasteiger partial charge is 0.326 e. The molecule has 0 bridgehead atoms. The molecule has 8 nitrogen and oxygen atoms in total. The second-order valence-corrected chi connectivity index (χ2v) is 5.91. The molecular weight excluding hydrogens is 316 g/mol. The molecule has 2 aliphatic heterocycles. The van der Waals surface area contributed by atoms with Crippen molar-refractivity contribution in [3.63, 3.8) is 0 Å². The second kappa shape index (κ2) is 9.24. The lowest BCUT2D eigenvalue weighted by atomic mass is 10.2. The predicted octanol–water partition coefficient (Wildman–Crippen LogP) is 0.944. The van der Waals surface area contributed by atoms with Gasteiger partial charge in [0, 0.05) is 25.9 Å². The van der Waals surface area contributed by atoms with Crippen LogP contribution in [-0.4, -0.2) is 68.9 Å². The first kappa shape index (κ1) is 19.9. The van der Waals surface area contributed by atoms with Gasteiger partial charge in [0.05, 0.1) is 0 Å². The van der Waals surface area contributed by atoms with E-state index in [1.54, 1.807) is 13.8 Å². The Labute approximate surface area is 141 Å². The Morgan fingerprint density at radius 1 is 0.875 bits per heavy atom. The van der Waals surface area contributed by atoms with Gasteiger partial charge in [-0.1, -0.05) is 13.8 Å². The molecule has 136 valence electrons. The molecule has 2 N–H and O–H groups in total. The average molecular weight is 342 g/mol. The standard InChI is InChI=1S/2C8H13NO3/c2*1-2-6(8(11)12)9-5-3-4-7(9)10/h2*6H,2-5H2,1H3,(H,11,12)/t2*6-/m00/s1. The maximum atomic E-state index is 11.1. The van der Waals surface area contributed by atoms with Gasteiger partial charge in [0.2, 0.25) is 11.8 Å². The van der Waals surface area contributed by atoms with E-state index in [9.17, 15) is 19.2 Å². The molecule has 2 rings (SSSR count). The lowest BCUT2D eigenvalue weighted by molar-refractivity contribution is -0.148. The lowest BCUT2D eigenvalue weighted by Crippen LogP contribution is -2.41. The molecule has 2 amide bonds. The summed E-state index contributed by atoms with van der Waals surface area (Å²) in [6.45, 7) is 4.77. The van der Waals surface area contributed by atoms with Crippen LogP contribution in [-0.2, 0) is 19.2 Å². The quantitative estimate of drug-likeness (QED) is 0.742. The molecule has 0 radical (unpaired) electrons. The van der Waals surface area contributed by atoms with Gasteiger partial charge in [-0.25, -0.2) is 9.59 Å². The summed E-state index contributed by atoms with van der Waals surface area (Å²) in [5.74, 6) is -1.84. The zero-order valence-corrected chi connectivity index (χ0v) is 14.2. The molecule has 2 aliphatic rings. The van der Waals surface area contributed by atoms with Crippen molar-refractivity contribution in [3.8, 4) is 0 Å². The molecule has 0 aromatic heterocycles. The first-order chi connectivity index (χ1) is 11.3. The number of carbonyl (C=O) groups excluding carboxylic acids is 2. The van der Waals surface area contributed by atoms with Crippen molar-refractivity contribution in [2.75, 3.05) is 13.1 Å². The molecule has 0 aromatic carbocycles. The van der Waals surface area contributed by atoms with Crippen molar-refractivity contribution < 1.29 is 29.4 Å². The zero-order chi connectivity index (χ0) is 18.3. The summed E-state index contributed by atoms with van der Waals surface area (Å²) < 4.78 is 0. The van der Waals surface area contributed by atoms with Crippen LogP contribution < -0.4 is 0 Å². The molecule has 2 heterocycles. The molecule has 8 heteroatoms. The predicted molar refractivity (Wildman–Crippen MR) is 85.3 cm³/mol. The third-order valence-electron chi connectivity index (χ3n) is 4.32. The summed E-state index contributed by atoms with van der Waals surface area (Å²) in [5.41, 5.74) is 0. The Bertz CT molecular complexity index is 449. The van der Waals surface area contributed by atoms with Crippen molar-refractivity contribution in [3.05, 3.63) is 0 Å². The van der Waals surface area contributed by atoms with Gasteiger partial charge in [-0.05, 0) is 25.7 Å². The van der Waals surface area contributed by atoms with Gasteiger partial charge < -0.3 is 20.0 Å². The Hall–Kier alpha value is -2.12. The minimum absolute atomic E-state index is 0.0238. The van der Waals surface area contributed by atoms with E-state index in [1.807, 2.05) is 0 Å². The SMILES string of the molecule is CC[C@@H](C(=O)O)N1CCCC1=O.CC[C@@H](C(=O)O)N1CCCC1=O. The maximum Gasteiger partial charge on any atom is 0.326 e. The minimum Gasteiger partial charge on any atom is -0.480 e. The van der Waals surface area contributed by atoms with Crippen LogP contribution in [0.4, 0.5) is 0 Å². The number of carboxylic acids is 2. The molecule has 2 saturated heterocycles. The normalized spacial score (nSPS) is 19.8. The van der Waals surface area contributed by atoms with Gasteiger partial charge in [0.25, 0.3) is 0 Å². The highest BCUT2D eigenvalue weighted by Crippen LogP contribution is 2.16. The third-order valence-corrected chi connectivity index (χ3v) is 4.32. The first-order valence-electron chi connectivity index (χ1n) is 8.37. The number of likely N-dealkylation sites (tertiary alicyclic amines) is 2. The highest BCUT2D eigenvalue weighted by molar-refractivity contribution is 5.85. The van der Waals surface area contributed by atoms with E-state index in [4.69, 9.17) is 10.2 Å². The highest BCUT2D eigenvalue weighted by Gasteiger charge is 2.31. The minimum atomic E-state index is -0.896. The van der Waals surface area contributed by atoms with E-state index in [-0.39, 0.29) is 11.8 Å². The maximum absolute atomic E-state index is 11.1. The monoisotopic (exact) mass is 342 g/mol. The fourth-order valence-electron chi connectivity index (χ4n) is 3.05. The van der Waals surface area contributed by atoms with Crippen LogP contribution >= 0.6 is 0 Å². The molecule has 0 unspecified atom stereocenters. The van der Waals surface area contributed by atoms with E-state index in [2.05, 4.69) is 0 Å². The van der Waals surface area contributed by atoms with Gasteiger partial charge >= 0.3 is 11.9 Å². The second-order valence-electron chi connectivity index (χ2n) is 5.91. The molecule has 2 fully saturated rings. The lowest BCUT2D eigenvalue weighted by Gasteiger charge is -2.22. The largest absolute Gasteiger partial charge is 0.480 e. The molecule has 0 aromatic rings. The molecule has 2 atom stereocenters. The number of carbonyl (C=O) groups is 4. The Morgan fingerprint density at radius 3 is 1.38 bits per heavy atom. The van der Waals surface area contributed by atoms with Crippen molar-refractivity contribution in [1.82, 2.24) is 9.80 Å². The summed E-state index contributed by atoms with van der Waals surface area (Å²) in [5, 5.41) is 17.5. The Balaban J connectivity index is 0.000000240. The fraction of sp³-hybridized carbons (Fsp3) is 0.750. The number of rotatable bonds is 6. The number of aliphatic carboxylic acids is 2. The van der Waals surface area contributed by atoms with E-state index < -0.39 is 24.0 Å². The summed E-state index contributed by atoms with van der Waals surface area (Å²) in [6.07, 6.45) is 3.57. The van der Waals surface area contributed by atoms with Crippen LogP contribution in [0, 0.1) is 0 Å². The van der Waals surface area contributed by atoms with Crippen LogP contribution in [0.2, 0.25) is 0 Å². The number of carboxylic acid groups (broad SMARTS) is 2. The van der Waals surface area contributed by atoms with Gasteiger partial charge in [0.1, 0.15) is 12.1 Å². The van der Waals surface area contributed by atoms with Crippen molar-refractivity contribution in [1.29, 1.82) is 0 Å². The van der Waals surface area contributed by atoms with Crippen molar-refractivity contribution >= 4 is 23.8 Å². The van der Waals surface area contributed by atoms with Gasteiger partial charge in [-0.3, -0.25) is 9.59 Å². The average Bonchev–Trinajstić information content (AvgIpc) is 3.11. The van der Waals surface area contributed by atoms with Gasteiger partial charge in [0.15, 0.2) is 0 Å². The Kier molecular flexibility index (Phi) is 7.67. The topological polar surface area (TPSA) is 115 Å². The summed E-state index contributed by atoms with van der Waals surface area (Å²) in [7, 11) is 0. The third kappa shape index (κ3) is 4.94. The zero-order valence-electron chi connectivity index (χ0n) is 14.2. The highest BCUT2D eigenvalue weighted by atomic mass is 16.4. The molecule has 24 heavy (non-hydrogen) atoms. The summed E-state index contributed by atoms with van der Waals surface area (Å²) in [4.78, 5) is 46.5. The fourth-order valence-corrected chi connectivity index (χ4v) is 3.05. The number of hydrogen-bond donors (Lipinski definition) is 2. The number of amides is 2. The van der Waals surface area contributed by atoms with Crippen LogP contribution in [0.3, 0.4) is 0 Å². The van der Waals surface area contributed by atoms with Crippen LogP contribution in [0.25, 0.3) is 0 Å². The van der Waals surface area contributed by atoms with E-state index in [0.29, 0.717) is 38.8 Å². The van der Waals surface area contributed by atoms with Gasteiger partial charge in [-0.2, -0.15) is 0 Å². The molecule has 0 aliphatic carbocycles. The van der Waals surface area contributed by atoms with Crippen LogP contribution in [0.5, 0.6) is 0 Å².